The van der Waals surface area contributed by atoms with Crippen LogP contribution in [0.1, 0.15) is 5.56 Å². The maximum atomic E-state index is 13.2. The minimum Gasteiger partial charge on any atom is -0.445 e. The van der Waals surface area contributed by atoms with Gasteiger partial charge in [-0.3, -0.25) is 0 Å². The molecule has 4 nitrogen and oxygen atoms in total. The Hall–Kier alpha value is -1.62. The molecule has 17 heavy (non-hydrogen) atoms. The molecule has 0 radical (unpaired) electrons. The third kappa shape index (κ3) is 3.42. The third-order valence-corrected chi connectivity index (χ3v) is 2.66. The number of carbonyl (C=O) groups excluding carboxylic acids is 1. The highest BCUT2D eigenvalue weighted by molar-refractivity contribution is 5.67. The lowest BCUT2D eigenvalue weighted by molar-refractivity contribution is 0.132. The van der Waals surface area contributed by atoms with Crippen LogP contribution in [0.2, 0.25) is 0 Å². The highest BCUT2D eigenvalue weighted by Gasteiger charge is 2.28. The van der Waals surface area contributed by atoms with Gasteiger partial charge in [-0.1, -0.05) is 30.3 Å². The van der Waals surface area contributed by atoms with Crippen molar-refractivity contribution in [1.82, 2.24) is 10.6 Å². The van der Waals surface area contributed by atoms with Crippen LogP contribution in [-0.2, 0) is 11.3 Å². The SMILES string of the molecule is O=C(N[C@H]1CNC[C@@H]1F)OCc1ccccc1. The van der Waals surface area contributed by atoms with E-state index < -0.39 is 18.3 Å². The average Bonchev–Trinajstić information content (AvgIpc) is 2.74. The van der Waals surface area contributed by atoms with Crippen molar-refractivity contribution in [3.63, 3.8) is 0 Å². The second kappa shape index (κ2) is 5.63. The van der Waals surface area contributed by atoms with Gasteiger partial charge in [0.05, 0.1) is 6.04 Å². The number of carbonyl (C=O) groups is 1. The smallest absolute Gasteiger partial charge is 0.407 e. The van der Waals surface area contributed by atoms with Crippen molar-refractivity contribution in [2.75, 3.05) is 13.1 Å². The molecule has 0 spiro atoms. The van der Waals surface area contributed by atoms with Crippen molar-refractivity contribution >= 4 is 6.09 Å². The Labute approximate surface area is 99.2 Å². The molecule has 1 saturated heterocycles. The van der Waals surface area contributed by atoms with Gasteiger partial charge in [-0.2, -0.15) is 0 Å². The lowest BCUT2D eigenvalue weighted by atomic mass is 10.2. The Morgan fingerprint density at radius 3 is 2.82 bits per heavy atom. The summed E-state index contributed by atoms with van der Waals surface area (Å²) in [6, 6.07) is 8.87. The fraction of sp³-hybridized carbons (Fsp3) is 0.417. The van der Waals surface area contributed by atoms with Crippen LogP contribution in [0.5, 0.6) is 0 Å². The minimum absolute atomic E-state index is 0.198. The molecule has 1 aliphatic heterocycles. The average molecular weight is 238 g/mol. The van der Waals surface area contributed by atoms with Crippen molar-refractivity contribution in [2.45, 2.75) is 18.8 Å². The molecule has 0 aromatic heterocycles. The summed E-state index contributed by atoms with van der Waals surface area (Å²) in [6.07, 6.45) is -1.62. The highest BCUT2D eigenvalue weighted by atomic mass is 19.1. The summed E-state index contributed by atoms with van der Waals surface area (Å²) in [7, 11) is 0. The first-order valence-corrected chi connectivity index (χ1v) is 5.57. The lowest BCUT2D eigenvalue weighted by Crippen LogP contribution is -2.41. The van der Waals surface area contributed by atoms with Gasteiger partial charge in [-0.05, 0) is 5.56 Å². The molecule has 1 aliphatic rings. The molecule has 1 aromatic rings. The maximum absolute atomic E-state index is 13.2. The first kappa shape index (κ1) is 11.9. The summed E-state index contributed by atoms with van der Waals surface area (Å²) in [5, 5.41) is 5.36. The number of amides is 1. The molecule has 92 valence electrons. The number of halogens is 1. The molecule has 0 saturated carbocycles. The number of alkyl halides is 1. The van der Waals surface area contributed by atoms with Crippen LogP contribution >= 0.6 is 0 Å². The second-order valence-electron chi connectivity index (χ2n) is 3.99. The fourth-order valence-corrected chi connectivity index (χ4v) is 1.70. The minimum atomic E-state index is -1.04. The van der Waals surface area contributed by atoms with E-state index in [1.165, 1.54) is 0 Å². The van der Waals surface area contributed by atoms with Gasteiger partial charge in [-0.15, -0.1) is 0 Å². The number of hydrogen-bond acceptors (Lipinski definition) is 3. The van der Waals surface area contributed by atoms with Gasteiger partial charge in [0.2, 0.25) is 0 Å². The maximum Gasteiger partial charge on any atom is 0.407 e. The Morgan fingerprint density at radius 1 is 1.41 bits per heavy atom. The van der Waals surface area contributed by atoms with E-state index in [-0.39, 0.29) is 13.2 Å². The van der Waals surface area contributed by atoms with Crippen molar-refractivity contribution < 1.29 is 13.9 Å². The predicted octanol–water partition coefficient (Wildman–Crippen LogP) is 1.22. The summed E-state index contributed by atoms with van der Waals surface area (Å²) in [6.45, 7) is 0.926. The van der Waals surface area contributed by atoms with Gasteiger partial charge < -0.3 is 15.4 Å². The van der Waals surface area contributed by atoms with E-state index in [1.54, 1.807) is 0 Å². The number of rotatable bonds is 3. The van der Waals surface area contributed by atoms with Crippen LogP contribution in [0.25, 0.3) is 0 Å². The van der Waals surface area contributed by atoms with Gasteiger partial charge in [-0.25, -0.2) is 9.18 Å². The van der Waals surface area contributed by atoms with E-state index in [4.69, 9.17) is 4.74 Å². The van der Waals surface area contributed by atoms with Gasteiger partial charge in [0.1, 0.15) is 12.8 Å². The lowest BCUT2D eigenvalue weighted by Gasteiger charge is -2.13. The molecular weight excluding hydrogens is 223 g/mol. The quantitative estimate of drug-likeness (QED) is 0.832. The Kier molecular flexibility index (Phi) is 3.93. The van der Waals surface area contributed by atoms with Crippen LogP contribution in [0.15, 0.2) is 30.3 Å². The molecule has 1 aromatic carbocycles. The molecule has 0 aliphatic carbocycles. The molecular formula is C12H15FN2O2. The molecule has 0 unspecified atom stereocenters. The zero-order valence-corrected chi connectivity index (χ0v) is 9.36. The summed E-state index contributed by atoms with van der Waals surface area (Å²) < 4.78 is 18.2. The second-order valence-corrected chi connectivity index (χ2v) is 3.99. The van der Waals surface area contributed by atoms with Crippen molar-refractivity contribution in [3.8, 4) is 0 Å². The molecule has 2 N–H and O–H groups in total. The zero-order valence-electron chi connectivity index (χ0n) is 9.36. The standard InChI is InChI=1S/C12H15FN2O2/c13-10-6-14-7-11(10)15-12(16)17-8-9-4-2-1-3-5-9/h1-5,10-11,14H,6-8H2,(H,15,16)/t10-,11-/m0/s1. The van der Waals surface area contributed by atoms with Gasteiger partial charge in [0.15, 0.2) is 0 Å². The summed E-state index contributed by atoms with van der Waals surface area (Å²) in [4.78, 5) is 11.4. The van der Waals surface area contributed by atoms with Crippen LogP contribution < -0.4 is 10.6 Å². The molecule has 2 rings (SSSR count). The van der Waals surface area contributed by atoms with E-state index in [0.29, 0.717) is 6.54 Å². The van der Waals surface area contributed by atoms with E-state index in [9.17, 15) is 9.18 Å². The van der Waals surface area contributed by atoms with Gasteiger partial charge in [0.25, 0.3) is 0 Å². The molecule has 5 heteroatoms. The molecule has 2 atom stereocenters. The molecule has 1 heterocycles. The topological polar surface area (TPSA) is 50.4 Å². The van der Waals surface area contributed by atoms with Crippen LogP contribution in [0, 0.1) is 0 Å². The molecule has 0 bridgehead atoms. The number of hydrogen-bond donors (Lipinski definition) is 2. The first-order valence-electron chi connectivity index (χ1n) is 5.57. The van der Waals surface area contributed by atoms with Gasteiger partial charge >= 0.3 is 6.09 Å². The van der Waals surface area contributed by atoms with Crippen molar-refractivity contribution in [2.24, 2.45) is 0 Å². The zero-order chi connectivity index (χ0) is 12.1. The first-order chi connectivity index (χ1) is 8.25. The third-order valence-electron chi connectivity index (χ3n) is 2.66. The largest absolute Gasteiger partial charge is 0.445 e. The van der Waals surface area contributed by atoms with Crippen molar-refractivity contribution in [1.29, 1.82) is 0 Å². The molecule has 1 amide bonds. The number of alkyl carbamates (subject to hydrolysis) is 1. The van der Waals surface area contributed by atoms with Gasteiger partial charge in [0, 0.05) is 13.1 Å². The van der Waals surface area contributed by atoms with E-state index in [2.05, 4.69) is 10.6 Å². The van der Waals surface area contributed by atoms with E-state index in [1.807, 2.05) is 30.3 Å². The summed E-state index contributed by atoms with van der Waals surface area (Å²) >= 11 is 0. The molecule has 1 fully saturated rings. The van der Waals surface area contributed by atoms with Crippen LogP contribution in [-0.4, -0.2) is 31.4 Å². The van der Waals surface area contributed by atoms with E-state index >= 15 is 0 Å². The fourth-order valence-electron chi connectivity index (χ4n) is 1.70. The Morgan fingerprint density at radius 2 is 2.18 bits per heavy atom. The van der Waals surface area contributed by atoms with Crippen molar-refractivity contribution in [3.05, 3.63) is 35.9 Å². The predicted molar refractivity (Wildman–Crippen MR) is 61.3 cm³/mol. The summed E-state index contributed by atoms with van der Waals surface area (Å²) in [5.41, 5.74) is 0.906. The number of benzene rings is 1. The summed E-state index contributed by atoms with van der Waals surface area (Å²) in [5.74, 6) is 0. The van der Waals surface area contributed by atoms with E-state index in [0.717, 1.165) is 5.56 Å². The Bertz CT molecular complexity index is 372. The number of ether oxygens (including phenoxy) is 1. The van der Waals surface area contributed by atoms with Crippen LogP contribution in [0.4, 0.5) is 9.18 Å². The monoisotopic (exact) mass is 238 g/mol. The Balaban J connectivity index is 1.74. The van der Waals surface area contributed by atoms with Crippen LogP contribution in [0.3, 0.4) is 0 Å². The highest BCUT2D eigenvalue weighted by Crippen LogP contribution is 2.05. The number of nitrogens with one attached hydrogen (secondary N) is 2. The normalized spacial score (nSPS) is 23.4.